The lowest BCUT2D eigenvalue weighted by atomic mass is 10.4. The van der Waals surface area contributed by atoms with Crippen molar-refractivity contribution >= 4 is 0 Å². The van der Waals surface area contributed by atoms with E-state index in [4.69, 9.17) is 14.2 Å². The normalized spacial score (nSPS) is 30.5. The van der Waals surface area contributed by atoms with Crippen molar-refractivity contribution in [1.29, 1.82) is 0 Å². The summed E-state index contributed by atoms with van der Waals surface area (Å²) >= 11 is 0. The molecule has 0 amide bonds. The average molecular weight is 374 g/mol. The number of nitrogens with zero attached hydrogens (tertiary/aromatic N) is 2. The van der Waals surface area contributed by atoms with Gasteiger partial charge >= 0.3 is 0 Å². The highest BCUT2D eigenvalue weighted by Crippen LogP contribution is 1.94. The van der Waals surface area contributed by atoms with E-state index in [1.165, 1.54) is 0 Å². The van der Waals surface area contributed by atoms with Gasteiger partial charge in [0.1, 0.15) is 0 Å². The molecule has 2 saturated heterocycles. The number of ether oxygens (including phenoxy) is 3. The monoisotopic (exact) mass is 373 g/mol. The number of hydrogen-bond acceptors (Lipinski definition) is 8. The predicted molar refractivity (Wildman–Crippen MR) is 104 cm³/mol. The molecule has 2 aliphatic rings. The summed E-state index contributed by atoms with van der Waals surface area (Å²) in [7, 11) is 0. The zero-order valence-corrected chi connectivity index (χ0v) is 16.3. The molecule has 2 heterocycles. The molecular weight excluding hydrogens is 334 g/mol. The van der Waals surface area contributed by atoms with Crippen LogP contribution in [0, 0.1) is 0 Å². The lowest BCUT2D eigenvalue weighted by molar-refractivity contribution is 0.0325. The van der Waals surface area contributed by atoms with Gasteiger partial charge in [-0.25, -0.2) is 0 Å². The van der Waals surface area contributed by atoms with E-state index in [-0.39, 0.29) is 0 Å². The van der Waals surface area contributed by atoms with Crippen LogP contribution in [-0.4, -0.2) is 128 Å². The summed E-state index contributed by atoms with van der Waals surface area (Å²) in [6.45, 7) is 16.3. The SMILES string of the molecule is C1CNCCN2CCOCCOCCN(CCNCCN1)CCOCC2. The lowest BCUT2D eigenvalue weighted by Gasteiger charge is -2.24. The van der Waals surface area contributed by atoms with E-state index >= 15 is 0 Å². The Kier molecular flexibility index (Phi) is 13.3. The van der Waals surface area contributed by atoms with Crippen LogP contribution in [0.1, 0.15) is 0 Å². The summed E-state index contributed by atoms with van der Waals surface area (Å²) in [4.78, 5) is 4.84. The Morgan fingerprint density at radius 3 is 1.15 bits per heavy atom. The van der Waals surface area contributed by atoms with Gasteiger partial charge in [0.2, 0.25) is 0 Å². The molecule has 0 radical (unpaired) electrons. The Labute approximate surface area is 158 Å². The van der Waals surface area contributed by atoms with Crippen LogP contribution in [0.2, 0.25) is 0 Å². The maximum absolute atomic E-state index is 5.90. The van der Waals surface area contributed by atoms with Gasteiger partial charge in [0.25, 0.3) is 0 Å². The molecule has 0 aliphatic carbocycles. The third-order valence-electron chi connectivity index (χ3n) is 4.75. The molecule has 0 saturated carbocycles. The van der Waals surface area contributed by atoms with Crippen molar-refractivity contribution in [3.63, 3.8) is 0 Å². The number of nitrogens with one attached hydrogen (secondary N) is 3. The zero-order chi connectivity index (χ0) is 18.1. The van der Waals surface area contributed by atoms with Gasteiger partial charge in [-0.3, -0.25) is 9.80 Å². The second-order valence-electron chi connectivity index (χ2n) is 6.77. The fourth-order valence-electron chi connectivity index (χ4n) is 3.07. The fourth-order valence-corrected chi connectivity index (χ4v) is 3.07. The van der Waals surface area contributed by atoms with Gasteiger partial charge in [0, 0.05) is 78.5 Å². The van der Waals surface area contributed by atoms with E-state index in [1.54, 1.807) is 0 Å². The van der Waals surface area contributed by atoms with Gasteiger partial charge in [0.15, 0.2) is 0 Å². The minimum atomic E-state index is 0.676. The summed E-state index contributed by atoms with van der Waals surface area (Å²) in [6.07, 6.45) is 0. The van der Waals surface area contributed by atoms with Crippen molar-refractivity contribution in [1.82, 2.24) is 25.8 Å². The largest absolute Gasteiger partial charge is 0.379 e. The summed E-state index contributed by atoms with van der Waals surface area (Å²) < 4.78 is 17.3. The Bertz CT molecular complexity index is 297. The van der Waals surface area contributed by atoms with Crippen molar-refractivity contribution in [3.05, 3.63) is 0 Å². The molecule has 2 atom stereocenters. The van der Waals surface area contributed by atoms with E-state index in [0.29, 0.717) is 13.2 Å². The van der Waals surface area contributed by atoms with Crippen molar-refractivity contribution in [2.45, 2.75) is 0 Å². The van der Waals surface area contributed by atoms with E-state index in [0.717, 1.165) is 105 Å². The summed E-state index contributed by atoms with van der Waals surface area (Å²) in [5.41, 5.74) is 0. The van der Waals surface area contributed by atoms with Gasteiger partial charge in [-0.2, -0.15) is 0 Å². The second-order valence-corrected chi connectivity index (χ2v) is 6.77. The number of rotatable bonds is 0. The van der Waals surface area contributed by atoms with Crippen LogP contribution in [0.5, 0.6) is 0 Å². The Hall–Kier alpha value is -0.320. The lowest BCUT2D eigenvalue weighted by Crippen LogP contribution is -2.41. The van der Waals surface area contributed by atoms with Crippen molar-refractivity contribution < 1.29 is 14.2 Å². The number of fused-ring (bicyclic) bond motifs is 6. The quantitative estimate of drug-likeness (QED) is 0.441. The van der Waals surface area contributed by atoms with E-state index in [1.807, 2.05) is 0 Å². The van der Waals surface area contributed by atoms with Crippen molar-refractivity contribution in [2.24, 2.45) is 0 Å². The fraction of sp³-hybridized carbons (Fsp3) is 1.00. The molecule has 0 aromatic heterocycles. The van der Waals surface area contributed by atoms with Gasteiger partial charge < -0.3 is 30.2 Å². The highest BCUT2D eigenvalue weighted by atomic mass is 16.5. The Balaban J connectivity index is 1.85. The first kappa shape index (κ1) is 22.0. The molecule has 8 heteroatoms. The highest BCUT2D eigenvalue weighted by molar-refractivity contribution is 4.64. The standard InChI is InChI=1S/C18H39N5O3/c1-3-20-5-7-22-9-13-24-14-10-23(8-6-21-4-2-19-1)12-16-26-18-17-25-15-11-22/h19-21H,1-18H2. The van der Waals surface area contributed by atoms with Crippen LogP contribution in [0.25, 0.3) is 0 Å². The minimum absolute atomic E-state index is 0.676. The third-order valence-corrected chi connectivity index (χ3v) is 4.75. The molecule has 2 unspecified atom stereocenters. The first-order chi connectivity index (χ1) is 12.9. The molecule has 2 fully saturated rings. The molecule has 0 spiro atoms. The molecule has 26 heavy (non-hydrogen) atoms. The second kappa shape index (κ2) is 15.7. The predicted octanol–water partition coefficient (Wildman–Crippen LogP) is -1.56. The first-order valence-electron chi connectivity index (χ1n) is 10.3. The van der Waals surface area contributed by atoms with Crippen LogP contribution in [-0.2, 0) is 14.2 Å². The molecule has 154 valence electrons. The van der Waals surface area contributed by atoms with E-state index < -0.39 is 0 Å². The van der Waals surface area contributed by atoms with Gasteiger partial charge in [-0.05, 0) is 0 Å². The van der Waals surface area contributed by atoms with Crippen molar-refractivity contribution in [3.8, 4) is 0 Å². The number of hydrogen-bond donors (Lipinski definition) is 3. The molecule has 0 aromatic carbocycles. The zero-order valence-electron chi connectivity index (χ0n) is 16.3. The molecule has 2 rings (SSSR count). The maximum atomic E-state index is 5.90. The first-order valence-corrected chi connectivity index (χ1v) is 10.3. The third kappa shape index (κ3) is 11.4. The highest BCUT2D eigenvalue weighted by Gasteiger charge is 2.08. The summed E-state index contributed by atoms with van der Waals surface area (Å²) in [5.74, 6) is 0. The molecule has 3 N–H and O–H groups in total. The van der Waals surface area contributed by atoms with Gasteiger partial charge in [-0.1, -0.05) is 0 Å². The maximum Gasteiger partial charge on any atom is 0.0701 e. The van der Waals surface area contributed by atoms with Crippen LogP contribution < -0.4 is 16.0 Å². The van der Waals surface area contributed by atoms with E-state index in [2.05, 4.69) is 25.8 Å². The molecular formula is C18H39N5O3. The summed E-state index contributed by atoms with van der Waals surface area (Å²) in [5, 5.41) is 10.5. The topological polar surface area (TPSA) is 70.3 Å². The smallest absolute Gasteiger partial charge is 0.0701 e. The Morgan fingerprint density at radius 2 is 0.731 bits per heavy atom. The van der Waals surface area contributed by atoms with E-state index in [9.17, 15) is 0 Å². The van der Waals surface area contributed by atoms with Crippen LogP contribution in [0.15, 0.2) is 0 Å². The molecule has 8 nitrogen and oxygen atoms in total. The summed E-state index contributed by atoms with van der Waals surface area (Å²) in [6, 6.07) is 0. The van der Waals surface area contributed by atoms with Crippen LogP contribution >= 0.6 is 0 Å². The average Bonchev–Trinajstić information content (AvgIpc) is 2.65. The molecule has 2 bridgehead atoms. The molecule has 2 aliphatic heterocycles. The van der Waals surface area contributed by atoms with Crippen LogP contribution in [0.3, 0.4) is 0 Å². The Morgan fingerprint density at radius 1 is 0.385 bits per heavy atom. The molecule has 0 aromatic rings. The van der Waals surface area contributed by atoms with Crippen molar-refractivity contribution in [2.75, 3.05) is 118 Å². The van der Waals surface area contributed by atoms with Gasteiger partial charge in [-0.15, -0.1) is 0 Å². The minimum Gasteiger partial charge on any atom is -0.379 e. The van der Waals surface area contributed by atoms with Crippen LogP contribution in [0.4, 0.5) is 0 Å². The van der Waals surface area contributed by atoms with Gasteiger partial charge in [0.05, 0.1) is 39.6 Å².